The minimum Gasteiger partial charge on any atom is -0.487 e. The van der Waals surface area contributed by atoms with Crippen LogP contribution in [0.2, 0.25) is 0 Å². The fourth-order valence-corrected chi connectivity index (χ4v) is 2.68. The largest absolute Gasteiger partial charge is 0.487 e. The van der Waals surface area contributed by atoms with E-state index in [4.69, 9.17) is 0 Å². The first kappa shape index (κ1) is 36.7. The number of ether oxygens (including phenoxy) is 2. The van der Waals surface area contributed by atoms with Gasteiger partial charge in [-0.05, 0) is 42.0 Å². The van der Waals surface area contributed by atoms with Gasteiger partial charge in [0, 0.05) is 0 Å². The number of rotatable bonds is 12. The van der Waals surface area contributed by atoms with E-state index in [0.29, 0.717) is 0 Å². The van der Waals surface area contributed by atoms with E-state index < -0.39 is 72.6 Å². The molecule has 0 atom stereocenters. The molecule has 2 aromatic carbocycles. The normalized spacial score (nSPS) is 14.8. The minimum absolute atomic E-state index is 0.137. The second-order valence-electron chi connectivity index (χ2n) is 8.45. The van der Waals surface area contributed by atoms with Crippen molar-refractivity contribution in [1.29, 1.82) is 0 Å². The maximum atomic E-state index is 13.5. The molecule has 0 saturated carbocycles. The molecule has 0 amide bonds. The molecule has 0 N–H and O–H groups in total. The summed E-state index contributed by atoms with van der Waals surface area (Å²) >= 11 is 0. The predicted octanol–water partition coefficient (Wildman–Crippen LogP) is 9.89. The van der Waals surface area contributed by atoms with E-state index in [1.54, 1.807) is 0 Å². The molecule has 2 aromatic rings. The smallest absolute Gasteiger partial charge is 0.460 e. The van der Waals surface area contributed by atoms with E-state index in [0.717, 1.165) is 48.5 Å². The summed E-state index contributed by atoms with van der Waals surface area (Å²) in [4.78, 5) is 0. The fourth-order valence-electron chi connectivity index (χ4n) is 2.68. The third-order valence-electron chi connectivity index (χ3n) is 5.22. The molecule has 0 fully saturated rings. The lowest BCUT2D eigenvalue weighted by Crippen LogP contribution is -2.62. The standard InChI is InChI=1S/C22H12F18N2O2/c23-15(24,16(25,26)17(27,28)20(33,34)35)10-43-14-7-5-13(6-8-14)42-41-12-3-1-11(2-4-12)9-44-22(39,40)19(31,32)18(29,30)21(36,37)38/h1-8H,9-10H2. The van der Waals surface area contributed by atoms with Crippen LogP contribution < -0.4 is 4.74 Å². The Morgan fingerprint density at radius 3 is 1.27 bits per heavy atom. The summed E-state index contributed by atoms with van der Waals surface area (Å²) in [6, 6.07) is 6.84. The quantitative estimate of drug-likeness (QED) is 0.166. The highest BCUT2D eigenvalue weighted by atomic mass is 19.4. The summed E-state index contributed by atoms with van der Waals surface area (Å²) in [6.45, 7) is -4.18. The van der Waals surface area contributed by atoms with Crippen molar-refractivity contribution < 1.29 is 88.5 Å². The molecule has 0 unspecified atom stereocenters. The lowest BCUT2D eigenvalue weighted by atomic mass is 10.0. The molecule has 0 saturated heterocycles. The van der Waals surface area contributed by atoms with Crippen molar-refractivity contribution in [1.82, 2.24) is 0 Å². The van der Waals surface area contributed by atoms with E-state index in [-0.39, 0.29) is 11.4 Å². The van der Waals surface area contributed by atoms with Crippen molar-refractivity contribution >= 4 is 11.4 Å². The average molecular weight is 678 g/mol. The summed E-state index contributed by atoms with van der Waals surface area (Å²) in [7, 11) is 0. The van der Waals surface area contributed by atoms with Crippen LogP contribution in [0.4, 0.5) is 90.4 Å². The number of hydrogen-bond donors (Lipinski definition) is 0. The Morgan fingerprint density at radius 2 is 0.864 bits per heavy atom. The molecule has 0 radical (unpaired) electrons. The molecule has 0 heterocycles. The first-order chi connectivity index (χ1) is 19.6. The van der Waals surface area contributed by atoms with Gasteiger partial charge in [0.1, 0.15) is 5.75 Å². The van der Waals surface area contributed by atoms with Gasteiger partial charge >= 0.3 is 48.1 Å². The summed E-state index contributed by atoms with van der Waals surface area (Å²) in [5.74, 6) is -34.8. The van der Waals surface area contributed by atoms with Crippen molar-refractivity contribution in [2.24, 2.45) is 10.2 Å². The molecule has 2 rings (SSSR count). The number of azo groups is 1. The van der Waals surface area contributed by atoms with Gasteiger partial charge in [0.2, 0.25) is 0 Å². The van der Waals surface area contributed by atoms with E-state index in [2.05, 4.69) is 19.7 Å². The van der Waals surface area contributed by atoms with Gasteiger partial charge < -0.3 is 9.47 Å². The Balaban J connectivity index is 2.02. The zero-order chi connectivity index (χ0) is 34.2. The maximum Gasteiger partial charge on any atom is 0.460 e. The number of benzene rings is 2. The van der Waals surface area contributed by atoms with Gasteiger partial charge in [-0.1, -0.05) is 12.1 Å². The van der Waals surface area contributed by atoms with Crippen LogP contribution in [0.25, 0.3) is 0 Å². The average Bonchev–Trinajstić information content (AvgIpc) is 2.89. The zero-order valence-electron chi connectivity index (χ0n) is 20.5. The Kier molecular flexibility index (Phi) is 9.85. The topological polar surface area (TPSA) is 43.2 Å². The third kappa shape index (κ3) is 7.09. The van der Waals surface area contributed by atoms with Gasteiger partial charge in [0.25, 0.3) is 0 Å². The highest BCUT2D eigenvalue weighted by Crippen LogP contribution is 2.54. The highest BCUT2D eigenvalue weighted by Gasteiger charge is 2.83. The van der Waals surface area contributed by atoms with Crippen LogP contribution in [-0.2, 0) is 11.3 Å². The lowest BCUT2D eigenvalue weighted by molar-refractivity contribution is -0.446. The predicted molar refractivity (Wildman–Crippen MR) is 109 cm³/mol. The molecular formula is C22H12F18N2O2. The molecule has 4 nitrogen and oxygen atoms in total. The molecule has 0 aromatic heterocycles. The number of nitrogens with zero attached hydrogens (tertiary/aromatic N) is 2. The Hall–Kier alpha value is -3.46. The first-order valence-corrected chi connectivity index (χ1v) is 10.9. The van der Waals surface area contributed by atoms with Crippen LogP contribution in [0.3, 0.4) is 0 Å². The summed E-state index contributed by atoms with van der Waals surface area (Å²) in [5.41, 5.74) is -0.730. The molecule has 0 aliphatic rings. The van der Waals surface area contributed by atoms with Gasteiger partial charge in [-0.2, -0.15) is 89.3 Å². The van der Waals surface area contributed by atoms with Crippen LogP contribution in [0.5, 0.6) is 5.75 Å². The fraction of sp³-hybridized carbons (Fsp3) is 0.455. The van der Waals surface area contributed by atoms with Crippen LogP contribution in [0.15, 0.2) is 58.8 Å². The monoisotopic (exact) mass is 678 g/mol. The Labute approximate surface area is 232 Å². The van der Waals surface area contributed by atoms with Crippen molar-refractivity contribution in [2.45, 2.75) is 54.7 Å². The zero-order valence-corrected chi connectivity index (χ0v) is 20.5. The summed E-state index contributed by atoms with van der Waals surface area (Å²) < 4.78 is 239. The molecule has 0 bridgehead atoms. The van der Waals surface area contributed by atoms with E-state index >= 15 is 0 Å². The van der Waals surface area contributed by atoms with E-state index in [1.807, 2.05) is 0 Å². The molecule has 22 heteroatoms. The molecule has 0 aliphatic carbocycles. The summed E-state index contributed by atoms with van der Waals surface area (Å²) in [5, 5.41) is 7.12. The van der Waals surface area contributed by atoms with Crippen LogP contribution in [0, 0.1) is 0 Å². The Bertz CT molecular complexity index is 1190. The van der Waals surface area contributed by atoms with Gasteiger partial charge in [-0.15, -0.1) is 0 Å². The Morgan fingerprint density at radius 1 is 0.477 bits per heavy atom. The molecule has 44 heavy (non-hydrogen) atoms. The number of alkyl halides is 18. The van der Waals surface area contributed by atoms with Crippen molar-refractivity contribution in [3.63, 3.8) is 0 Å². The minimum atomic E-state index is -7.15. The van der Waals surface area contributed by atoms with Crippen molar-refractivity contribution in [3.05, 3.63) is 54.1 Å². The molecule has 0 aliphatic heterocycles. The van der Waals surface area contributed by atoms with E-state index in [1.165, 1.54) is 0 Å². The summed E-state index contributed by atoms with van der Waals surface area (Å²) in [6.07, 6.45) is -20.3. The number of hydrogen-bond acceptors (Lipinski definition) is 4. The van der Waals surface area contributed by atoms with Gasteiger partial charge in [-0.25, -0.2) is 0 Å². The van der Waals surface area contributed by atoms with Crippen LogP contribution in [-0.4, -0.2) is 54.7 Å². The number of halogens is 18. The molecule has 248 valence electrons. The van der Waals surface area contributed by atoms with Crippen molar-refractivity contribution in [2.75, 3.05) is 6.61 Å². The first-order valence-electron chi connectivity index (χ1n) is 10.9. The van der Waals surface area contributed by atoms with Gasteiger partial charge in [0.05, 0.1) is 18.0 Å². The van der Waals surface area contributed by atoms with Gasteiger partial charge in [-0.3, -0.25) is 0 Å². The van der Waals surface area contributed by atoms with E-state index in [9.17, 15) is 79.0 Å². The maximum absolute atomic E-state index is 13.5. The van der Waals surface area contributed by atoms with Crippen LogP contribution in [0.1, 0.15) is 5.56 Å². The van der Waals surface area contributed by atoms with Crippen molar-refractivity contribution in [3.8, 4) is 5.75 Å². The van der Waals surface area contributed by atoms with Crippen LogP contribution >= 0.6 is 0 Å². The van der Waals surface area contributed by atoms with Gasteiger partial charge in [0.15, 0.2) is 6.61 Å². The molecular weight excluding hydrogens is 666 g/mol. The molecule has 0 spiro atoms. The SMILES string of the molecule is FC(F)(F)C(F)(F)C(F)(F)C(F)(F)COc1ccc(N=Nc2ccc(COC(F)(F)C(F)(F)C(F)(F)C(F)(F)F)cc2)cc1. The third-order valence-corrected chi connectivity index (χ3v) is 5.22. The second-order valence-corrected chi connectivity index (χ2v) is 8.45. The highest BCUT2D eigenvalue weighted by molar-refractivity contribution is 5.43. The lowest BCUT2D eigenvalue weighted by Gasteiger charge is -2.33. The second kappa shape index (κ2) is 11.8.